The molecule has 2 rings (SSSR count). The first-order valence-corrected chi connectivity index (χ1v) is 9.95. The van der Waals surface area contributed by atoms with Crippen LogP contribution in [-0.4, -0.2) is 58.4 Å². The van der Waals surface area contributed by atoms with Gasteiger partial charge in [0.15, 0.2) is 6.10 Å². The number of anilines is 1. The molecule has 3 N–H and O–H groups in total. The van der Waals surface area contributed by atoms with Crippen LogP contribution in [0.15, 0.2) is 17.1 Å². The number of halogens is 2. The Morgan fingerprint density at radius 3 is 2.45 bits per heavy atom. The minimum Gasteiger partial charge on any atom is -0.469 e. The molecule has 0 bridgehead atoms. The molecule has 0 amide bonds. The summed E-state index contributed by atoms with van der Waals surface area (Å²) in [6.45, 7) is -0.581. The highest BCUT2D eigenvalue weighted by Gasteiger charge is 2.60. The first kappa shape index (κ1) is 24.7. The van der Waals surface area contributed by atoms with Crippen LogP contribution in [0.2, 0.25) is 0 Å². The van der Waals surface area contributed by atoms with E-state index in [4.69, 9.17) is 15.2 Å². The highest BCUT2D eigenvalue weighted by atomic mass is 19.3. The van der Waals surface area contributed by atoms with Crippen molar-refractivity contribution < 1.29 is 37.7 Å². The Hall–Kier alpha value is -2.60. The second-order valence-electron chi connectivity index (χ2n) is 7.22. The maximum atomic E-state index is 14.4. The average Bonchev–Trinajstić information content (AvgIpc) is 2.94. The Balaban J connectivity index is 1.75. The molecule has 0 spiro atoms. The number of carbonyl (C=O) groups is 2. The van der Waals surface area contributed by atoms with Crippen LogP contribution in [0.3, 0.4) is 0 Å². The van der Waals surface area contributed by atoms with Gasteiger partial charge in [-0.1, -0.05) is 19.3 Å². The summed E-state index contributed by atoms with van der Waals surface area (Å²) in [6.07, 6.45) is -0.815. The molecular formula is C19H27F2N3O7. The predicted molar refractivity (Wildman–Crippen MR) is 103 cm³/mol. The van der Waals surface area contributed by atoms with E-state index >= 15 is 0 Å². The van der Waals surface area contributed by atoms with Crippen molar-refractivity contribution >= 4 is 17.8 Å². The SMILES string of the molecule is COC(=O)CCCCCCCC(=O)OC[C@H]1O[C@@H](n2ccc(N)nc2=O)C(F)(F)[C@@H]1O. The average molecular weight is 447 g/mol. The van der Waals surface area contributed by atoms with Gasteiger partial charge in [0.25, 0.3) is 0 Å². The summed E-state index contributed by atoms with van der Waals surface area (Å²) in [5, 5.41) is 9.90. The molecule has 12 heteroatoms. The minimum atomic E-state index is -3.80. The molecule has 0 aromatic carbocycles. The van der Waals surface area contributed by atoms with Gasteiger partial charge >= 0.3 is 23.6 Å². The monoisotopic (exact) mass is 447 g/mol. The molecule has 1 aromatic rings. The third kappa shape index (κ3) is 6.69. The predicted octanol–water partition coefficient (Wildman–Crippen LogP) is 1.17. The number of carbonyl (C=O) groups excluding carboxylic acids is 2. The number of unbranched alkanes of at least 4 members (excludes halogenated alkanes) is 4. The lowest BCUT2D eigenvalue weighted by Crippen LogP contribution is -2.42. The normalized spacial score (nSPS) is 22.3. The van der Waals surface area contributed by atoms with Gasteiger partial charge in [-0.15, -0.1) is 0 Å². The molecule has 31 heavy (non-hydrogen) atoms. The van der Waals surface area contributed by atoms with Crippen molar-refractivity contribution in [3.8, 4) is 0 Å². The first-order valence-electron chi connectivity index (χ1n) is 9.95. The van der Waals surface area contributed by atoms with Crippen LogP contribution >= 0.6 is 0 Å². The van der Waals surface area contributed by atoms with Gasteiger partial charge in [0.1, 0.15) is 18.5 Å². The molecule has 174 valence electrons. The molecule has 1 saturated heterocycles. The van der Waals surface area contributed by atoms with Gasteiger partial charge in [-0.2, -0.15) is 13.8 Å². The summed E-state index contributed by atoms with van der Waals surface area (Å²) in [5.74, 6) is -4.81. The van der Waals surface area contributed by atoms with E-state index in [1.54, 1.807) is 0 Å². The van der Waals surface area contributed by atoms with Crippen molar-refractivity contribution in [2.45, 2.75) is 69.3 Å². The maximum absolute atomic E-state index is 14.4. The number of methoxy groups -OCH3 is 1. The Kier molecular flexibility index (Phi) is 8.87. The fourth-order valence-corrected chi connectivity index (χ4v) is 3.13. The van der Waals surface area contributed by atoms with Crippen molar-refractivity contribution in [1.29, 1.82) is 0 Å². The van der Waals surface area contributed by atoms with Gasteiger partial charge in [0.05, 0.1) is 7.11 Å². The number of nitrogens with zero attached hydrogens (tertiary/aromatic N) is 2. The second-order valence-corrected chi connectivity index (χ2v) is 7.22. The zero-order valence-corrected chi connectivity index (χ0v) is 17.2. The number of aliphatic hydroxyl groups excluding tert-OH is 1. The Labute approximate surface area is 177 Å². The number of aliphatic hydroxyl groups is 1. The summed E-state index contributed by atoms with van der Waals surface area (Å²) in [4.78, 5) is 38.0. The molecular weight excluding hydrogens is 420 g/mol. The zero-order valence-electron chi connectivity index (χ0n) is 17.2. The lowest BCUT2D eigenvalue weighted by molar-refractivity contribution is -0.150. The quantitative estimate of drug-likeness (QED) is 0.377. The number of hydrogen-bond acceptors (Lipinski definition) is 9. The van der Waals surface area contributed by atoms with E-state index in [9.17, 15) is 28.3 Å². The van der Waals surface area contributed by atoms with E-state index < -0.39 is 42.6 Å². The van der Waals surface area contributed by atoms with E-state index in [0.717, 1.165) is 31.5 Å². The third-order valence-corrected chi connectivity index (χ3v) is 4.88. The standard InChI is InChI=1S/C19H27F2N3O7/c1-29-14(25)7-5-3-2-4-6-8-15(26)30-11-12-16(27)19(20,21)17(31-12)24-10-9-13(22)23-18(24)28/h9-10,12,16-17,27H,2-8,11H2,1H3,(H2,22,23,28)/t12-,16-,17-/m1/s1. The van der Waals surface area contributed by atoms with Crippen molar-refractivity contribution in [1.82, 2.24) is 9.55 Å². The molecule has 2 heterocycles. The smallest absolute Gasteiger partial charge is 0.351 e. The maximum Gasteiger partial charge on any atom is 0.351 e. The van der Waals surface area contributed by atoms with Crippen LogP contribution in [-0.2, 0) is 23.8 Å². The van der Waals surface area contributed by atoms with Crippen molar-refractivity contribution in [3.05, 3.63) is 22.7 Å². The van der Waals surface area contributed by atoms with Crippen molar-refractivity contribution in [3.63, 3.8) is 0 Å². The molecule has 0 radical (unpaired) electrons. The van der Waals surface area contributed by atoms with Gasteiger partial charge in [0, 0.05) is 19.0 Å². The van der Waals surface area contributed by atoms with Crippen LogP contribution in [0.25, 0.3) is 0 Å². The topological polar surface area (TPSA) is 143 Å². The number of ether oxygens (including phenoxy) is 3. The molecule has 10 nitrogen and oxygen atoms in total. The molecule has 1 aromatic heterocycles. The first-order chi connectivity index (χ1) is 14.7. The Morgan fingerprint density at radius 2 is 1.84 bits per heavy atom. The highest BCUT2D eigenvalue weighted by molar-refractivity contribution is 5.69. The number of nitrogens with two attached hydrogens (primary N) is 1. The minimum absolute atomic E-state index is 0.0843. The largest absolute Gasteiger partial charge is 0.469 e. The van der Waals surface area contributed by atoms with Crippen molar-refractivity contribution in [2.75, 3.05) is 19.5 Å². The van der Waals surface area contributed by atoms with Crippen LogP contribution in [0.4, 0.5) is 14.6 Å². The highest BCUT2D eigenvalue weighted by Crippen LogP contribution is 2.42. The fourth-order valence-electron chi connectivity index (χ4n) is 3.13. The Morgan fingerprint density at radius 1 is 1.23 bits per heavy atom. The number of rotatable bonds is 11. The third-order valence-electron chi connectivity index (χ3n) is 4.88. The summed E-state index contributed by atoms with van der Waals surface area (Å²) in [7, 11) is 1.33. The number of alkyl halides is 2. The van der Waals surface area contributed by atoms with Crippen LogP contribution in [0.5, 0.6) is 0 Å². The molecule has 0 unspecified atom stereocenters. The molecule has 3 atom stereocenters. The summed E-state index contributed by atoms with van der Waals surface area (Å²) in [6, 6.07) is 1.15. The van der Waals surface area contributed by atoms with Gasteiger partial charge < -0.3 is 25.1 Å². The van der Waals surface area contributed by atoms with E-state index in [0.29, 0.717) is 23.8 Å². The molecule has 0 aliphatic carbocycles. The molecule has 1 aliphatic rings. The number of hydrogen-bond donors (Lipinski definition) is 2. The molecule has 0 saturated carbocycles. The van der Waals surface area contributed by atoms with Gasteiger partial charge in [0.2, 0.25) is 6.23 Å². The summed E-state index contributed by atoms with van der Waals surface area (Å²) < 4.78 is 43.9. The number of nitrogen functional groups attached to an aromatic ring is 1. The van der Waals surface area contributed by atoms with Gasteiger partial charge in [-0.05, 0) is 18.9 Å². The number of esters is 2. The lowest BCUT2D eigenvalue weighted by Gasteiger charge is -2.20. The lowest BCUT2D eigenvalue weighted by atomic mass is 10.1. The van der Waals surface area contributed by atoms with E-state index in [1.807, 2.05) is 0 Å². The number of aromatic nitrogens is 2. The van der Waals surface area contributed by atoms with Crippen LogP contribution in [0, 0.1) is 0 Å². The summed E-state index contributed by atoms with van der Waals surface area (Å²) in [5.41, 5.74) is 4.29. The Bertz CT molecular complexity index is 818. The van der Waals surface area contributed by atoms with Crippen molar-refractivity contribution in [2.24, 2.45) is 0 Å². The summed E-state index contributed by atoms with van der Waals surface area (Å²) >= 11 is 0. The zero-order chi connectivity index (χ0) is 23.0. The molecule has 1 aliphatic heterocycles. The van der Waals surface area contributed by atoms with Gasteiger partial charge in [-0.25, -0.2) is 4.79 Å². The van der Waals surface area contributed by atoms with Crippen LogP contribution < -0.4 is 11.4 Å². The van der Waals surface area contributed by atoms with Gasteiger partial charge in [-0.3, -0.25) is 14.2 Å². The van der Waals surface area contributed by atoms with Crippen LogP contribution in [0.1, 0.15) is 51.2 Å². The van der Waals surface area contributed by atoms with E-state index in [1.165, 1.54) is 7.11 Å². The second kappa shape index (κ2) is 11.1. The molecule has 1 fully saturated rings. The van der Waals surface area contributed by atoms with E-state index in [2.05, 4.69) is 9.72 Å². The van der Waals surface area contributed by atoms with E-state index in [-0.39, 0.29) is 18.2 Å². The fraction of sp³-hybridized carbons (Fsp3) is 0.684.